The maximum atomic E-state index is 11.1. The van der Waals surface area contributed by atoms with E-state index in [2.05, 4.69) is 4.98 Å². The molecular formula is C10H14N2O2. The average Bonchev–Trinajstić information content (AvgIpc) is 2.20. The molecule has 0 aliphatic rings. The lowest BCUT2D eigenvalue weighted by Crippen LogP contribution is -2.17. The van der Waals surface area contributed by atoms with Crippen molar-refractivity contribution in [3.63, 3.8) is 0 Å². The highest BCUT2D eigenvalue weighted by molar-refractivity contribution is 5.94. The van der Waals surface area contributed by atoms with Gasteiger partial charge in [-0.1, -0.05) is 6.92 Å². The van der Waals surface area contributed by atoms with E-state index < -0.39 is 5.91 Å². The number of aliphatic hydroxyl groups excluding tert-OH is 1. The van der Waals surface area contributed by atoms with E-state index in [1.54, 1.807) is 18.3 Å². The number of nitrogens with zero attached hydrogens (tertiary/aromatic N) is 1. The second-order valence-electron chi connectivity index (χ2n) is 3.09. The third-order valence-electron chi connectivity index (χ3n) is 2.20. The van der Waals surface area contributed by atoms with Crippen LogP contribution in [0, 0.1) is 0 Å². The fourth-order valence-electron chi connectivity index (χ4n) is 1.36. The molecule has 1 atom stereocenters. The van der Waals surface area contributed by atoms with Gasteiger partial charge in [0, 0.05) is 12.1 Å². The van der Waals surface area contributed by atoms with Crippen LogP contribution < -0.4 is 5.73 Å². The van der Waals surface area contributed by atoms with E-state index >= 15 is 0 Å². The second kappa shape index (κ2) is 4.72. The van der Waals surface area contributed by atoms with Crippen molar-refractivity contribution < 1.29 is 9.90 Å². The van der Waals surface area contributed by atoms with Crippen LogP contribution in [0.5, 0.6) is 0 Å². The van der Waals surface area contributed by atoms with Crippen LogP contribution in [0.1, 0.15) is 35.3 Å². The molecular weight excluding hydrogens is 180 g/mol. The Morgan fingerprint density at radius 3 is 2.93 bits per heavy atom. The molecule has 0 saturated carbocycles. The molecule has 0 aliphatic heterocycles. The minimum Gasteiger partial charge on any atom is -0.396 e. The van der Waals surface area contributed by atoms with Crippen LogP contribution in [0.15, 0.2) is 18.3 Å². The van der Waals surface area contributed by atoms with E-state index in [9.17, 15) is 4.79 Å². The summed E-state index contributed by atoms with van der Waals surface area (Å²) < 4.78 is 0. The predicted molar refractivity (Wildman–Crippen MR) is 52.9 cm³/mol. The number of nitrogens with two attached hydrogens (primary N) is 1. The quantitative estimate of drug-likeness (QED) is 0.739. The molecule has 4 heteroatoms. The molecule has 1 aromatic heterocycles. The molecule has 0 aromatic carbocycles. The van der Waals surface area contributed by atoms with Crippen molar-refractivity contribution in [2.75, 3.05) is 6.61 Å². The Balaban J connectivity index is 3.11. The van der Waals surface area contributed by atoms with Gasteiger partial charge in [0.05, 0.1) is 17.9 Å². The van der Waals surface area contributed by atoms with Gasteiger partial charge >= 0.3 is 0 Å². The Labute approximate surface area is 82.8 Å². The van der Waals surface area contributed by atoms with Crippen molar-refractivity contribution in [3.05, 3.63) is 29.6 Å². The zero-order valence-electron chi connectivity index (χ0n) is 8.10. The minimum atomic E-state index is -0.500. The SMILES string of the molecule is CC[C@@H](CO)c1ncccc1C(N)=O. The van der Waals surface area contributed by atoms with Crippen LogP contribution in [-0.2, 0) is 0 Å². The van der Waals surface area contributed by atoms with E-state index in [4.69, 9.17) is 10.8 Å². The summed E-state index contributed by atoms with van der Waals surface area (Å²) in [5.74, 6) is -0.612. The van der Waals surface area contributed by atoms with Crippen molar-refractivity contribution in [1.29, 1.82) is 0 Å². The number of carbonyl (C=O) groups excluding carboxylic acids is 1. The van der Waals surface area contributed by atoms with Crippen LogP contribution in [0.4, 0.5) is 0 Å². The first-order valence-electron chi connectivity index (χ1n) is 4.56. The molecule has 0 saturated heterocycles. The van der Waals surface area contributed by atoms with E-state index in [-0.39, 0.29) is 12.5 Å². The Bertz CT molecular complexity index is 322. The normalized spacial score (nSPS) is 12.4. The van der Waals surface area contributed by atoms with Crippen LogP contribution in [0.2, 0.25) is 0 Å². The van der Waals surface area contributed by atoms with E-state index in [1.807, 2.05) is 6.92 Å². The lowest BCUT2D eigenvalue weighted by atomic mass is 9.98. The average molecular weight is 194 g/mol. The number of aliphatic hydroxyl groups is 1. The molecule has 1 amide bonds. The first-order valence-corrected chi connectivity index (χ1v) is 4.56. The largest absolute Gasteiger partial charge is 0.396 e. The standard InChI is InChI=1S/C10H14N2O2/c1-2-7(6-13)9-8(10(11)14)4-3-5-12-9/h3-5,7,13H,2,6H2,1H3,(H2,11,14)/t7-/m0/s1. The predicted octanol–water partition coefficient (Wildman–Crippen LogP) is 0.666. The highest BCUT2D eigenvalue weighted by atomic mass is 16.3. The van der Waals surface area contributed by atoms with Crippen LogP contribution in [0.25, 0.3) is 0 Å². The summed E-state index contributed by atoms with van der Waals surface area (Å²) in [6, 6.07) is 3.29. The number of amides is 1. The van der Waals surface area contributed by atoms with Gasteiger partial charge in [0.15, 0.2) is 0 Å². The van der Waals surface area contributed by atoms with Crippen molar-refractivity contribution in [2.45, 2.75) is 19.3 Å². The number of primary amides is 1. The molecule has 0 aliphatic carbocycles. The molecule has 1 rings (SSSR count). The highest BCUT2D eigenvalue weighted by Gasteiger charge is 2.16. The van der Waals surface area contributed by atoms with Gasteiger partial charge in [0.1, 0.15) is 0 Å². The van der Waals surface area contributed by atoms with Crippen molar-refractivity contribution in [2.24, 2.45) is 5.73 Å². The number of carbonyl (C=O) groups is 1. The first-order chi connectivity index (χ1) is 6.70. The summed E-state index contributed by atoms with van der Waals surface area (Å²) in [6.45, 7) is 1.91. The Morgan fingerprint density at radius 2 is 2.43 bits per heavy atom. The van der Waals surface area contributed by atoms with Gasteiger partial charge in [0.25, 0.3) is 5.91 Å². The lowest BCUT2D eigenvalue weighted by molar-refractivity contribution is 0.0998. The number of pyridine rings is 1. The summed E-state index contributed by atoms with van der Waals surface area (Å²) in [5, 5.41) is 9.09. The fourth-order valence-corrected chi connectivity index (χ4v) is 1.36. The van der Waals surface area contributed by atoms with Gasteiger partial charge in [0.2, 0.25) is 0 Å². The lowest BCUT2D eigenvalue weighted by Gasteiger charge is -2.13. The molecule has 1 aromatic rings. The monoisotopic (exact) mass is 194 g/mol. The molecule has 0 bridgehead atoms. The minimum absolute atomic E-state index is 0.0200. The third-order valence-corrected chi connectivity index (χ3v) is 2.20. The van der Waals surface area contributed by atoms with Gasteiger partial charge in [-0.05, 0) is 18.6 Å². The fraction of sp³-hybridized carbons (Fsp3) is 0.400. The summed E-state index contributed by atoms with van der Waals surface area (Å²) in [6.07, 6.45) is 2.33. The highest BCUT2D eigenvalue weighted by Crippen LogP contribution is 2.19. The van der Waals surface area contributed by atoms with Gasteiger partial charge in [-0.2, -0.15) is 0 Å². The summed E-state index contributed by atoms with van der Waals surface area (Å²) in [7, 11) is 0. The molecule has 0 spiro atoms. The third kappa shape index (κ3) is 2.09. The molecule has 4 nitrogen and oxygen atoms in total. The summed E-state index contributed by atoms with van der Waals surface area (Å²) >= 11 is 0. The molecule has 3 N–H and O–H groups in total. The second-order valence-corrected chi connectivity index (χ2v) is 3.09. The first kappa shape index (κ1) is 10.7. The van der Waals surface area contributed by atoms with Gasteiger partial charge < -0.3 is 10.8 Å². The summed E-state index contributed by atoms with van der Waals surface area (Å²) in [5.41, 5.74) is 6.19. The number of rotatable bonds is 4. The van der Waals surface area contributed by atoms with Crippen molar-refractivity contribution in [1.82, 2.24) is 4.98 Å². The Morgan fingerprint density at radius 1 is 1.71 bits per heavy atom. The maximum absolute atomic E-state index is 11.1. The number of aromatic nitrogens is 1. The van der Waals surface area contributed by atoms with Crippen molar-refractivity contribution in [3.8, 4) is 0 Å². The number of hydrogen-bond donors (Lipinski definition) is 2. The van der Waals surface area contributed by atoms with Crippen LogP contribution >= 0.6 is 0 Å². The molecule has 0 fully saturated rings. The van der Waals surface area contributed by atoms with Gasteiger partial charge in [-0.15, -0.1) is 0 Å². The Hall–Kier alpha value is -1.42. The molecule has 0 unspecified atom stereocenters. The van der Waals surface area contributed by atoms with Gasteiger partial charge in [-0.3, -0.25) is 9.78 Å². The van der Waals surface area contributed by atoms with Crippen LogP contribution in [0.3, 0.4) is 0 Å². The molecule has 76 valence electrons. The Kier molecular flexibility index (Phi) is 3.59. The van der Waals surface area contributed by atoms with Gasteiger partial charge in [-0.25, -0.2) is 0 Å². The van der Waals surface area contributed by atoms with Crippen molar-refractivity contribution >= 4 is 5.91 Å². The van der Waals surface area contributed by atoms with E-state index in [0.717, 1.165) is 6.42 Å². The molecule has 14 heavy (non-hydrogen) atoms. The maximum Gasteiger partial charge on any atom is 0.250 e. The zero-order chi connectivity index (χ0) is 10.6. The smallest absolute Gasteiger partial charge is 0.250 e. The molecule has 0 radical (unpaired) electrons. The topological polar surface area (TPSA) is 76.2 Å². The zero-order valence-corrected chi connectivity index (χ0v) is 8.10. The van der Waals surface area contributed by atoms with E-state index in [1.165, 1.54) is 0 Å². The van der Waals surface area contributed by atoms with E-state index in [0.29, 0.717) is 11.3 Å². The summed E-state index contributed by atoms with van der Waals surface area (Å²) in [4.78, 5) is 15.1. The molecule has 1 heterocycles. The van der Waals surface area contributed by atoms with Crippen LogP contribution in [-0.4, -0.2) is 22.6 Å². The number of hydrogen-bond acceptors (Lipinski definition) is 3.